The standard InChI is InChI=1S/C21H27FN4O3S/c1-16(19-7-3-4-8-20(19)27)15-21(26-23-2)24-13-5-6-14-25-30(28,29)18-11-9-17(22)10-12-18/h3-4,7-12,15,23-27H,1,5-6,13-14H2,2H3/b21-15-. The number of para-hydroxylation sites is 1. The van der Waals surface area contributed by atoms with E-state index in [-0.39, 0.29) is 17.2 Å². The van der Waals surface area contributed by atoms with E-state index in [1.54, 1.807) is 31.3 Å². The normalized spacial score (nSPS) is 11.9. The second-order valence-corrected chi connectivity index (χ2v) is 8.23. The van der Waals surface area contributed by atoms with Gasteiger partial charge in [0.1, 0.15) is 17.4 Å². The van der Waals surface area contributed by atoms with E-state index in [4.69, 9.17) is 0 Å². The van der Waals surface area contributed by atoms with Crippen molar-refractivity contribution in [2.45, 2.75) is 17.7 Å². The van der Waals surface area contributed by atoms with Crippen LogP contribution in [0.25, 0.3) is 5.57 Å². The summed E-state index contributed by atoms with van der Waals surface area (Å²) in [6.07, 6.45) is 3.08. The minimum absolute atomic E-state index is 0.0353. The van der Waals surface area contributed by atoms with Crippen molar-refractivity contribution in [3.05, 3.63) is 78.4 Å². The van der Waals surface area contributed by atoms with E-state index in [0.29, 0.717) is 36.3 Å². The summed E-state index contributed by atoms with van der Waals surface area (Å²) >= 11 is 0. The average molecular weight is 435 g/mol. The first kappa shape index (κ1) is 23.4. The number of phenolic OH excluding ortho intramolecular Hbond substituents is 1. The van der Waals surface area contributed by atoms with Crippen molar-refractivity contribution in [3.8, 4) is 5.75 Å². The number of rotatable bonds is 12. The summed E-state index contributed by atoms with van der Waals surface area (Å²) in [5.74, 6) is 0.331. The smallest absolute Gasteiger partial charge is 0.240 e. The Morgan fingerprint density at radius 2 is 1.77 bits per heavy atom. The van der Waals surface area contributed by atoms with Crippen LogP contribution in [0.1, 0.15) is 18.4 Å². The zero-order valence-corrected chi connectivity index (χ0v) is 17.6. The molecule has 0 saturated heterocycles. The number of nitrogens with one attached hydrogen (secondary N) is 4. The Bertz CT molecular complexity index is 976. The Morgan fingerprint density at radius 3 is 2.43 bits per heavy atom. The van der Waals surface area contributed by atoms with E-state index in [9.17, 15) is 17.9 Å². The van der Waals surface area contributed by atoms with Crippen LogP contribution in [0.15, 0.2) is 71.9 Å². The Morgan fingerprint density at radius 1 is 1.10 bits per heavy atom. The topological polar surface area (TPSA) is 102 Å². The lowest BCUT2D eigenvalue weighted by Gasteiger charge is -2.14. The molecule has 0 atom stereocenters. The highest BCUT2D eigenvalue weighted by Crippen LogP contribution is 2.24. The number of phenols is 1. The molecule has 0 aromatic heterocycles. The van der Waals surface area contributed by atoms with Crippen molar-refractivity contribution in [2.24, 2.45) is 0 Å². The van der Waals surface area contributed by atoms with Gasteiger partial charge >= 0.3 is 0 Å². The molecule has 0 unspecified atom stereocenters. The summed E-state index contributed by atoms with van der Waals surface area (Å²) in [6.45, 7) is 4.84. The maximum absolute atomic E-state index is 12.9. The van der Waals surface area contributed by atoms with Gasteiger partial charge < -0.3 is 15.8 Å². The SMILES string of the molecule is C=C(/C=C(/NCCCCNS(=O)(=O)c1ccc(F)cc1)NNC)c1ccccc1O. The highest BCUT2D eigenvalue weighted by molar-refractivity contribution is 7.89. The fourth-order valence-electron chi connectivity index (χ4n) is 2.64. The number of hydrogen-bond donors (Lipinski definition) is 5. The monoisotopic (exact) mass is 434 g/mol. The number of halogens is 1. The van der Waals surface area contributed by atoms with Crippen LogP contribution in [0.5, 0.6) is 5.75 Å². The highest BCUT2D eigenvalue weighted by Gasteiger charge is 2.12. The molecule has 0 bridgehead atoms. The lowest BCUT2D eigenvalue weighted by atomic mass is 10.1. The maximum atomic E-state index is 12.9. The lowest BCUT2D eigenvalue weighted by Crippen LogP contribution is -2.35. The van der Waals surface area contributed by atoms with Crippen LogP contribution in [0.2, 0.25) is 0 Å². The molecular formula is C21H27FN4O3S. The number of unbranched alkanes of at least 4 members (excludes halogenated alkanes) is 1. The van der Waals surface area contributed by atoms with Gasteiger partial charge in [-0.3, -0.25) is 0 Å². The Labute approximate surface area is 176 Å². The quantitative estimate of drug-likeness (QED) is 0.200. The van der Waals surface area contributed by atoms with Gasteiger partial charge in [0.2, 0.25) is 10.0 Å². The predicted octanol–water partition coefficient (Wildman–Crippen LogP) is 2.46. The zero-order valence-electron chi connectivity index (χ0n) is 16.8. The van der Waals surface area contributed by atoms with Crippen molar-refractivity contribution in [1.82, 2.24) is 20.9 Å². The molecule has 0 fully saturated rings. The van der Waals surface area contributed by atoms with E-state index in [1.165, 1.54) is 12.1 Å². The number of allylic oxidation sites excluding steroid dienone is 2. The summed E-state index contributed by atoms with van der Waals surface area (Å²) in [6, 6.07) is 11.6. The molecule has 2 aromatic rings. The van der Waals surface area contributed by atoms with Crippen molar-refractivity contribution >= 4 is 15.6 Å². The first-order chi connectivity index (χ1) is 14.3. The molecule has 0 aliphatic heterocycles. The van der Waals surface area contributed by atoms with Gasteiger partial charge in [0, 0.05) is 25.7 Å². The maximum Gasteiger partial charge on any atom is 0.240 e. The van der Waals surface area contributed by atoms with Crippen LogP contribution in [0.4, 0.5) is 4.39 Å². The third kappa shape index (κ3) is 7.18. The molecule has 5 N–H and O–H groups in total. The molecule has 30 heavy (non-hydrogen) atoms. The van der Waals surface area contributed by atoms with Crippen molar-refractivity contribution in [2.75, 3.05) is 20.1 Å². The molecule has 0 radical (unpaired) electrons. The molecule has 7 nitrogen and oxygen atoms in total. The number of sulfonamides is 1. The molecular weight excluding hydrogens is 407 g/mol. The van der Waals surface area contributed by atoms with Crippen LogP contribution in [0.3, 0.4) is 0 Å². The largest absolute Gasteiger partial charge is 0.507 e. The van der Waals surface area contributed by atoms with Gasteiger partial charge in [0.25, 0.3) is 0 Å². The predicted molar refractivity (Wildman–Crippen MR) is 116 cm³/mol. The van der Waals surface area contributed by atoms with E-state index in [2.05, 4.69) is 27.5 Å². The average Bonchev–Trinajstić information content (AvgIpc) is 2.71. The number of aromatic hydroxyl groups is 1. The highest BCUT2D eigenvalue weighted by atomic mass is 32.2. The summed E-state index contributed by atoms with van der Waals surface area (Å²) in [5.41, 5.74) is 7.05. The van der Waals surface area contributed by atoms with Gasteiger partial charge in [0.05, 0.1) is 4.90 Å². The third-order valence-corrected chi connectivity index (χ3v) is 5.64. The second kappa shape index (κ2) is 11.3. The summed E-state index contributed by atoms with van der Waals surface area (Å²) in [5, 5.41) is 13.1. The molecule has 0 spiro atoms. The van der Waals surface area contributed by atoms with Gasteiger partial charge in [0.15, 0.2) is 0 Å². The third-order valence-electron chi connectivity index (χ3n) is 4.16. The van der Waals surface area contributed by atoms with Crippen LogP contribution in [-0.4, -0.2) is 33.7 Å². The molecule has 2 rings (SSSR count). The Kier molecular flexibility index (Phi) is 8.85. The van der Waals surface area contributed by atoms with Gasteiger partial charge in [-0.2, -0.15) is 0 Å². The number of benzene rings is 2. The number of hydrogen-bond acceptors (Lipinski definition) is 6. The van der Waals surface area contributed by atoms with E-state index < -0.39 is 15.8 Å². The Hall–Kier alpha value is -2.88. The zero-order chi connectivity index (χ0) is 22.0. The van der Waals surface area contributed by atoms with Crippen LogP contribution in [-0.2, 0) is 10.0 Å². The molecule has 9 heteroatoms. The lowest BCUT2D eigenvalue weighted by molar-refractivity contribution is 0.473. The molecule has 0 aliphatic rings. The fourth-order valence-corrected chi connectivity index (χ4v) is 3.71. The first-order valence-corrected chi connectivity index (χ1v) is 10.9. The van der Waals surface area contributed by atoms with E-state index in [1.807, 2.05) is 6.07 Å². The van der Waals surface area contributed by atoms with E-state index in [0.717, 1.165) is 12.1 Å². The second-order valence-electron chi connectivity index (χ2n) is 6.46. The van der Waals surface area contributed by atoms with Crippen LogP contribution < -0.4 is 20.9 Å². The van der Waals surface area contributed by atoms with Gasteiger partial charge in [-0.05, 0) is 54.8 Å². The van der Waals surface area contributed by atoms with Crippen molar-refractivity contribution in [3.63, 3.8) is 0 Å². The molecule has 0 saturated carbocycles. The van der Waals surface area contributed by atoms with Crippen LogP contribution >= 0.6 is 0 Å². The minimum atomic E-state index is -3.65. The summed E-state index contributed by atoms with van der Waals surface area (Å²) in [7, 11) is -1.92. The molecule has 162 valence electrons. The summed E-state index contributed by atoms with van der Waals surface area (Å²) in [4.78, 5) is 0.0353. The molecule has 0 aliphatic carbocycles. The molecule has 2 aromatic carbocycles. The van der Waals surface area contributed by atoms with Crippen molar-refractivity contribution < 1.29 is 17.9 Å². The molecule has 0 amide bonds. The van der Waals surface area contributed by atoms with Gasteiger partial charge in [-0.1, -0.05) is 24.8 Å². The fraction of sp³-hybridized carbons (Fsp3) is 0.238. The summed E-state index contributed by atoms with van der Waals surface area (Å²) < 4.78 is 39.7. The first-order valence-electron chi connectivity index (χ1n) is 9.44. The number of hydrazine groups is 1. The van der Waals surface area contributed by atoms with Crippen molar-refractivity contribution in [1.29, 1.82) is 0 Å². The molecule has 0 heterocycles. The Balaban J connectivity index is 1.80. The van der Waals surface area contributed by atoms with Gasteiger partial charge in [-0.25, -0.2) is 23.0 Å². The minimum Gasteiger partial charge on any atom is -0.507 e. The van der Waals surface area contributed by atoms with E-state index >= 15 is 0 Å². The van der Waals surface area contributed by atoms with Gasteiger partial charge in [-0.15, -0.1) is 0 Å². The van der Waals surface area contributed by atoms with Crippen LogP contribution in [0, 0.1) is 5.82 Å².